The van der Waals surface area contributed by atoms with E-state index >= 15 is 0 Å². The summed E-state index contributed by atoms with van der Waals surface area (Å²) in [6.07, 6.45) is 0. The quantitative estimate of drug-likeness (QED) is 0.598. The maximum absolute atomic E-state index is 13.1. The Morgan fingerprint density at radius 3 is 2.37 bits per heavy atom. The second-order valence-electron chi connectivity index (χ2n) is 7.43. The molecule has 10 heteroatoms. The Hall–Kier alpha value is -2.33. The largest absolute Gasteiger partial charge is 0.293 e. The van der Waals surface area contributed by atoms with Crippen LogP contribution < -0.4 is 0 Å². The fraction of sp³-hybridized carbons (Fsp3) is 0.350. The molecule has 0 amide bonds. The molecule has 2 aromatic carbocycles. The van der Waals surface area contributed by atoms with Crippen molar-refractivity contribution < 1.29 is 8.42 Å². The molecule has 3 aromatic rings. The van der Waals surface area contributed by atoms with Crippen LogP contribution in [-0.4, -0.2) is 64.0 Å². The Kier molecular flexibility index (Phi) is 5.88. The van der Waals surface area contributed by atoms with Crippen LogP contribution in [0.4, 0.5) is 0 Å². The first-order valence-corrected chi connectivity index (χ1v) is 11.5. The highest BCUT2D eigenvalue weighted by Crippen LogP contribution is 2.22. The van der Waals surface area contributed by atoms with Crippen LogP contribution in [0.1, 0.15) is 17.0 Å². The molecule has 1 saturated heterocycles. The number of aryl methyl sites for hydroxylation is 2. The zero-order valence-electron chi connectivity index (χ0n) is 16.9. The van der Waals surface area contributed by atoms with Crippen molar-refractivity contribution in [1.29, 1.82) is 0 Å². The maximum atomic E-state index is 13.1. The maximum Gasteiger partial charge on any atom is 0.243 e. The normalized spacial score (nSPS) is 16.1. The van der Waals surface area contributed by atoms with Gasteiger partial charge in [-0.25, -0.2) is 8.42 Å². The van der Waals surface area contributed by atoms with Gasteiger partial charge in [0.15, 0.2) is 5.82 Å². The Balaban J connectivity index is 1.43. The van der Waals surface area contributed by atoms with Crippen LogP contribution in [0.5, 0.6) is 0 Å². The van der Waals surface area contributed by atoms with Gasteiger partial charge in [-0.3, -0.25) is 4.90 Å². The zero-order valence-corrected chi connectivity index (χ0v) is 18.4. The van der Waals surface area contributed by atoms with Gasteiger partial charge in [0.25, 0.3) is 0 Å². The Morgan fingerprint density at radius 2 is 1.70 bits per heavy atom. The van der Waals surface area contributed by atoms with E-state index in [0.717, 1.165) is 16.8 Å². The van der Waals surface area contributed by atoms with E-state index < -0.39 is 10.0 Å². The number of piperazine rings is 1. The molecular weight excluding hydrogens is 424 g/mol. The number of halogens is 1. The Morgan fingerprint density at radius 1 is 1.00 bits per heavy atom. The van der Waals surface area contributed by atoms with Crippen molar-refractivity contribution in [2.24, 2.45) is 0 Å². The van der Waals surface area contributed by atoms with Crippen LogP contribution in [0.3, 0.4) is 0 Å². The predicted octanol–water partition coefficient (Wildman–Crippen LogP) is 2.44. The summed E-state index contributed by atoms with van der Waals surface area (Å²) >= 11 is 5.96. The summed E-state index contributed by atoms with van der Waals surface area (Å²) in [6.45, 7) is 6.41. The van der Waals surface area contributed by atoms with E-state index in [1.165, 1.54) is 0 Å². The third-order valence-electron chi connectivity index (χ3n) is 5.25. The zero-order chi connectivity index (χ0) is 21.3. The number of benzene rings is 2. The minimum atomic E-state index is -3.50. The highest BCUT2D eigenvalue weighted by molar-refractivity contribution is 7.89. The molecule has 30 heavy (non-hydrogen) atoms. The monoisotopic (exact) mass is 446 g/mol. The van der Waals surface area contributed by atoms with Crippen molar-refractivity contribution in [3.05, 3.63) is 64.4 Å². The van der Waals surface area contributed by atoms with Crippen molar-refractivity contribution in [2.45, 2.75) is 25.3 Å². The van der Waals surface area contributed by atoms with Crippen LogP contribution in [0.25, 0.3) is 5.69 Å². The van der Waals surface area contributed by atoms with Crippen molar-refractivity contribution >= 4 is 21.6 Å². The number of tetrazole rings is 1. The second kappa shape index (κ2) is 8.43. The number of hydrogen-bond donors (Lipinski definition) is 0. The number of sulfonamides is 1. The van der Waals surface area contributed by atoms with Gasteiger partial charge in [-0.15, -0.1) is 5.10 Å². The SMILES string of the molecule is Cc1ccc(S(=O)(=O)N2CCN(Cc3nnnn3-c3ccc(Cl)cc3)CC2)c(C)c1. The molecule has 8 nitrogen and oxygen atoms in total. The molecule has 0 atom stereocenters. The van der Waals surface area contributed by atoms with E-state index in [9.17, 15) is 8.42 Å². The van der Waals surface area contributed by atoms with Crippen LogP contribution in [0.15, 0.2) is 47.4 Å². The molecule has 0 N–H and O–H groups in total. The molecule has 1 aliphatic heterocycles. The van der Waals surface area contributed by atoms with E-state index in [2.05, 4.69) is 20.4 Å². The fourth-order valence-electron chi connectivity index (χ4n) is 3.64. The van der Waals surface area contributed by atoms with Gasteiger partial charge in [-0.05, 0) is 60.2 Å². The summed E-state index contributed by atoms with van der Waals surface area (Å²) in [7, 11) is -3.50. The Labute approximate surface area is 181 Å². The first-order valence-electron chi connectivity index (χ1n) is 9.67. The first kappa shape index (κ1) is 20.9. The highest BCUT2D eigenvalue weighted by Gasteiger charge is 2.30. The number of aromatic nitrogens is 4. The summed E-state index contributed by atoms with van der Waals surface area (Å²) in [5.74, 6) is 0.697. The van der Waals surface area contributed by atoms with Crippen LogP contribution >= 0.6 is 11.6 Å². The minimum Gasteiger partial charge on any atom is -0.293 e. The lowest BCUT2D eigenvalue weighted by Gasteiger charge is -2.33. The van der Waals surface area contributed by atoms with Gasteiger partial charge in [0.05, 0.1) is 17.1 Å². The smallest absolute Gasteiger partial charge is 0.243 e. The van der Waals surface area contributed by atoms with E-state index in [0.29, 0.717) is 48.5 Å². The summed E-state index contributed by atoms with van der Waals surface area (Å²) in [4.78, 5) is 2.54. The molecule has 0 aliphatic carbocycles. The van der Waals surface area contributed by atoms with E-state index in [4.69, 9.17) is 11.6 Å². The summed E-state index contributed by atoms with van der Waals surface area (Å²) in [6, 6.07) is 12.7. The topological polar surface area (TPSA) is 84.2 Å². The first-order chi connectivity index (χ1) is 14.3. The molecule has 4 rings (SSSR count). The summed E-state index contributed by atoms with van der Waals surface area (Å²) in [5, 5.41) is 12.7. The van der Waals surface area contributed by atoms with E-state index in [1.807, 2.05) is 38.1 Å². The molecular formula is C20H23ClN6O2S. The van der Waals surface area contributed by atoms with Gasteiger partial charge >= 0.3 is 0 Å². The molecule has 158 valence electrons. The van der Waals surface area contributed by atoms with Crippen molar-refractivity contribution in [3.8, 4) is 5.69 Å². The van der Waals surface area contributed by atoms with E-state index in [-0.39, 0.29) is 0 Å². The van der Waals surface area contributed by atoms with Gasteiger partial charge in [0.2, 0.25) is 10.0 Å². The summed E-state index contributed by atoms with van der Waals surface area (Å²) < 4.78 is 29.4. The predicted molar refractivity (Wildman–Crippen MR) is 114 cm³/mol. The number of nitrogens with zero attached hydrogens (tertiary/aromatic N) is 6. The molecule has 1 aromatic heterocycles. The molecule has 2 heterocycles. The highest BCUT2D eigenvalue weighted by atomic mass is 35.5. The van der Waals surface area contributed by atoms with Gasteiger partial charge < -0.3 is 0 Å². The van der Waals surface area contributed by atoms with Crippen molar-refractivity contribution in [1.82, 2.24) is 29.4 Å². The second-order valence-corrected chi connectivity index (χ2v) is 9.78. The molecule has 1 fully saturated rings. The molecule has 0 spiro atoms. The molecule has 0 radical (unpaired) electrons. The third kappa shape index (κ3) is 4.24. The van der Waals surface area contributed by atoms with E-state index in [1.54, 1.807) is 27.2 Å². The average molecular weight is 447 g/mol. The molecule has 0 unspecified atom stereocenters. The lowest BCUT2D eigenvalue weighted by Crippen LogP contribution is -2.48. The molecule has 0 bridgehead atoms. The van der Waals surface area contributed by atoms with Gasteiger partial charge in [0.1, 0.15) is 0 Å². The van der Waals surface area contributed by atoms with Gasteiger partial charge in [0, 0.05) is 31.2 Å². The number of rotatable bonds is 5. The standard InChI is InChI=1S/C20H23ClN6O2S/c1-15-3-8-19(16(2)13-15)30(28,29)26-11-9-25(10-12-26)14-20-22-23-24-27(20)18-6-4-17(21)5-7-18/h3-8,13H,9-12,14H2,1-2H3. The molecule has 1 aliphatic rings. The van der Waals surface area contributed by atoms with Crippen LogP contribution in [-0.2, 0) is 16.6 Å². The number of hydrogen-bond acceptors (Lipinski definition) is 6. The van der Waals surface area contributed by atoms with Gasteiger partial charge in [-0.1, -0.05) is 29.3 Å². The minimum absolute atomic E-state index is 0.383. The summed E-state index contributed by atoms with van der Waals surface area (Å²) in [5.41, 5.74) is 2.66. The lowest BCUT2D eigenvalue weighted by molar-refractivity contribution is 0.177. The van der Waals surface area contributed by atoms with Crippen molar-refractivity contribution in [3.63, 3.8) is 0 Å². The van der Waals surface area contributed by atoms with Crippen LogP contribution in [0.2, 0.25) is 5.02 Å². The lowest BCUT2D eigenvalue weighted by atomic mass is 10.2. The average Bonchev–Trinajstić information content (AvgIpc) is 3.17. The van der Waals surface area contributed by atoms with Gasteiger partial charge in [-0.2, -0.15) is 8.99 Å². The van der Waals surface area contributed by atoms with Crippen LogP contribution in [0, 0.1) is 13.8 Å². The molecule has 0 saturated carbocycles. The Bertz CT molecular complexity index is 1140. The fourth-order valence-corrected chi connectivity index (χ4v) is 5.40. The van der Waals surface area contributed by atoms with Crippen molar-refractivity contribution in [2.75, 3.05) is 26.2 Å². The third-order valence-corrected chi connectivity index (χ3v) is 7.56.